The minimum Gasteiger partial charge on any atom is -0.491 e. The Balaban J connectivity index is 1.49. The van der Waals surface area contributed by atoms with Crippen LogP contribution in [0.15, 0.2) is 78.9 Å². The van der Waals surface area contributed by atoms with Gasteiger partial charge in [0.15, 0.2) is 0 Å². The number of nitrogens with one attached hydrogen (secondary N) is 3. The van der Waals surface area contributed by atoms with Crippen molar-refractivity contribution in [3.63, 3.8) is 0 Å². The second-order valence-electron chi connectivity index (χ2n) is 7.78. The molecule has 0 aliphatic carbocycles. The van der Waals surface area contributed by atoms with E-state index in [1.165, 1.54) is 0 Å². The van der Waals surface area contributed by atoms with Crippen LogP contribution in [0.5, 0.6) is 5.75 Å². The first kappa shape index (κ1) is 22.9. The molecule has 32 heavy (non-hydrogen) atoms. The standard InChI is InChI=1S/C26H29N3O3/c1-18(2)32-24-11-7-10-23(16-24)27-17-25(30)29-22-14-12-21(13-15-22)26(31)28-19(3)20-8-5-4-6-9-20/h4-16,18-19,27H,17H2,1-3H3,(H,28,31)(H,29,30). The van der Waals surface area contributed by atoms with Crippen molar-refractivity contribution in [1.82, 2.24) is 5.32 Å². The summed E-state index contributed by atoms with van der Waals surface area (Å²) in [5.74, 6) is 0.403. The van der Waals surface area contributed by atoms with Crippen LogP contribution in [-0.2, 0) is 4.79 Å². The van der Waals surface area contributed by atoms with Crippen LogP contribution in [0.2, 0.25) is 0 Å². The molecule has 3 N–H and O–H groups in total. The molecule has 6 nitrogen and oxygen atoms in total. The molecule has 1 unspecified atom stereocenters. The lowest BCUT2D eigenvalue weighted by atomic mass is 10.1. The number of rotatable bonds is 9. The van der Waals surface area contributed by atoms with E-state index < -0.39 is 0 Å². The molecule has 3 aromatic carbocycles. The van der Waals surface area contributed by atoms with Gasteiger partial charge in [0.05, 0.1) is 18.7 Å². The SMILES string of the molecule is CC(C)Oc1cccc(NCC(=O)Nc2ccc(C(=O)NC(C)c3ccccc3)cc2)c1. The highest BCUT2D eigenvalue weighted by Gasteiger charge is 2.11. The number of amides is 2. The van der Waals surface area contributed by atoms with E-state index in [9.17, 15) is 9.59 Å². The Bertz CT molecular complexity index is 1030. The van der Waals surface area contributed by atoms with Gasteiger partial charge >= 0.3 is 0 Å². The minimum absolute atomic E-state index is 0.0835. The predicted octanol–water partition coefficient (Wildman–Crippen LogP) is 5.02. The number of hydrogen-bond donors (Lipinski definition) is 3. The van der Waals surface area contributed by atoms with Crippen molar-refractivity contribution in [3.8, 4) is 5.75 Å². The minimum atomic E-state index is -0.185. The van der Waals surface area contributed by atoms with Crippen molar-refractivity contribution in [2.45, 2.75) is 32.9 Å². The average molecular weight is 432 g/mol. The molecule has 0 spiro atoms. The molecular weight excluding hydrogens is 402 g/mol. The lowest BCUT2D eigenvalue weighted by Gasteiger charge is -2.14. The molecule has 0 saturated heterocycles. The topological polar surface area (TPSA) is 79.5 Å². The molecule has 0 aromatic heterocycles. The normalized spacial score (nSPS) is 11.5. The van der Waals surface area contributed by atoms with E-state index in [0.717, 1.165) is 17.0 Å². The van der Waals surface area contributed by atoms with Crippen LogP contribution in [0.4, 0.5) is 11.4 Å². The highest BCUT2D eigenvalue weighted by Crippen LogP contribution is 2.18. The fourth-order valence-corrected chi connectivity index (χ4v) is 3.15. The molecule has 0 aliphatic rings. The maximum absolute atomic E-state index is 12.5. The third-order valence-electron chi connectivity index (χ3n) is 4.74. The predicted molar refractivity (Wildman–Crippen MR) is 128 cm³/mol. The Kier molecular flexibility index (Phi) is 7.86. The smallest absolute Gasteiger partial charge is 0.251 e. The van der Waals surface area contributed by atoms with Gasteiger partial charge in [-0.3, -0.25) is 9.59 Å². The van der Waals surface area contributed by atoms with Crippen LogP contribution in [0.1, 0.15) is 42.7 Å². The third-order valence-corrected chi connectivity index (χ3v) is 4.74. The zero-order valence-corrected chi connectivity index (χ0v) is 18.6. The van der Waals surface area contributed by atoms with E-state index in [1.807, 2.05) is 75.4 Å². The Labute approximate surface area is 189 Å². The summed E-state index contributed by atoms with van der Waals surface area (Å²) in [6.07, 6.45) is 0.0835. The highest BCUT2D eigenvalue weighted by atomic mass is 16.5. The van der Waals surface area contributed by atoms with Crippen LogP contribution >= 0.6 is 0 Å². The van der Waals surface area contributed by atoms with Crippen molar-refractivity contribution in [2.75, 3.05) is 17.2 Å². The first-order valence-electron chi connectivity index (χ1n) is 10.7. The largest absolute Gasteiger partial charge is 0.491 e. The molecule has 6 heteroatoms. The zero-order chi connectivity index (χ0) is 22.9. The Morgan fingerprint density at radius 3 is 2.25 bits per heavy atom. The Morgan fingerprint density at radius 1 is 0.844 bits per heavy atom. The maximum atomic E-state index is 12.5. The number of anilines is 2. The van der Waals surface area contributed by atoms with Crippen molar-refractivity contribution in [2.24, 2.45) is 0 Å². The summed E-state index contributed by atoms with van der Waals surface area (Å²) in [7, 11) is 0. The second kappa shape index (κ2) is 11.0. The lowest BCUT2D eigenvalue weighted by Crippen LogP contribution is -2.26. The van der Waals surface area contributed by atoms with Gasteiger partial charge in [0.25, 0.3) is 5.91 Å². The first-order chi connectivity index (χ1) is 15.4. The van der Waals surface area contributed by atoms with E-state index in [-0.39, 0.29) is 30.5 Å². The molecule has 1 atom stereocenters. The van der Waals surface area contributed by atoms with Crippen LogP contribution in [-0.4, -0.2) is 24.5 Å². The molecule has 0 radical (unpaired) electrons. The lowest BCUT2D eigenvalue weighted by molar-refractivity contribution is -0.114. The van der Waals surface area contributed by atoms with E-state index in [4.69, 9.17) is 4.74 Å². The number of hydrogen-bond acceptors (Lipinski definition) is 4. The zero-order valence-electron chi connectivity index (χ0n) is 18.6. The first-order valence-corrected chi connectivity index (χ1v) is 10.7. The van der Waals surface area contributed by atoms with E-state index in [1.54, 1.807) is 24.3 Å². The van der Waals surface area contributed by atoms with Crippen LogP contribution in [0.3, 0.4) is 0 Å². The van der Waals surface area contributed by atoms with E-state index >= 15 is 0 Å². The molecule has 0 bridgehead atoms. The van der Waals surface area contributed by atoms with E-state index in [0.29, 0.717) is 11.3 Å². The van der Waals surface area contributed by atoms with Gasteiger partial charge in [-0.2, -0.15) is 0 Å². The summed E-state index contributed by atoms with van der Waals surface area (Å²) in [5, 5.41) is 8.90. The fourth-order valence-electron chi connectivity index (χ4n) is 3.15. The van der Waals surface area contributed by atoms with Gasteiger partial charge in [0.1, 0.15) is 5.75 Å². The summed E-state index contributed by atoms with van der Waals surface area (Å²) in [6, 6.07) is 24.0. The van der Waals surface area contributed by atoms with Gasteiger partial charge in [-0.15, -0.1) is 0 Å². The van der Waals surface area contributed by atoms with Gasteiger partial charge in [0, 0.05) is 23.0 Å². The van der Waals surface area contributed by atoms with Crippen molar-refractivity contribution in [3.05, 3.63) is 90.0 Å². The average Bonchev–Trinajstić information content (AvgIpc) is 2.78. The summed E-state index contributed by atoms with van der Waals surface area (Å²) < 4.78 is 5.66. The van der Waals surface area contributed by atoms with Gasteiger partial charge in [-0.25, -0.2) is 0 Å². The third kappa shape index (κ3) is 6.87. The molecule has 0 saturated carbocycles. The molecule has 0 fully saturated rings. The quantitative estimate of drug-likeness (QED) is 0.445. The van der Waals surface area contributed by atoms with Crippen molar-refractivity contribution < 1.29 is 14.3 Å². The monoisotopic (exact) mass is 431 g/mol. The Hall–Kier alpha value is -3.80. The molecular formula is C26H29N3O3. The fraction of sp³-hybridized carbons (Fsp3) is 0.231. The van der Waals surface area contributed by atoms with E-state index in [2.05, 4.69) is 16.0 Å². The number of ether oxygens (including phenoxy) is 1. The summed E-state index contributed by atoms with van der Waals surface area (Å²) in [5.41, 5.74) is 3.00. The molecule has 0 heterocycles. The van der Waals surface area contributed by atoms with Gasteiger partial charge in [0.2, 0.25) is 5.91 Å². The number of benzene rings is 3. The summed E-state index contributed by atoms with van der Waals surface area (Å²) in [4.78, 5) is 24.8. The Morgan fingerprint density at radius 2 is 1.56 bits per heavy atom. The maximum Gasteiger partial charge on any atom is 0.251 e. The number of carbonyl (C=O) groups is 2. The van der Waals surface area contributed by atoms with Crippen molar-refractivity contribution >= 4 is 23.2 Å². The molecule has 3 aromatic rings. The van der Waals surface area contributed by atoms with Crippen LogP contribution in [0, 0.1) is 0 Å². The molecule has 2 amide bonds. The second-order valence-corrected chi connectivity index (χ2v) is 7.78. The molecule has 0 aliphatic heterocycles. The molecule has 166 valence electrons. The van der Waals surface area contributed by atoms with Gasteiger partial charge < -0.3 is 20.7 Å². The summed E-state index contributed by atoms with van der Waals surface area (Å²) in [6.45, 7) is 5.99. The summed E-state index contributed by atoms with van der Waals surface area (Å²) >= 11 is 0. The highest BCUT2D eigenvalue weighted by molar-refractivity contribution is 5.96. The number of carbonyl (C=O) groups excluding carboxylic acids is 2. The van der Waals surface area contributed by atoms with Crippen molar-refractivity contribution in [1.29, 1.82) is 0 Å². The molecule has 3 rings (SSSR count). The van der Waals surface area contributed by atoms with Gasteiger partial charge in [-0.05, 0) is 62.7 Å². The van der Waals surface area contributed by atoms with Crippen LogP contribution in [0.25, 0.3) is 0 Å². The van der Waals surface area contributed by atoms with Crippen LogP contribution < -0.4 is 20.7 Å². The van der Waals surface area contributed by atoms with Gasteiger partial charge in [-0.1, -0.05) is 36.4 Å².